The van der Waals surface area contributed by atoms with E-state index >= 15 is 0 Å². The van der Waals surface area contributed by atoms with Crippen LogP contribution in [0.15, 0.2) is 0 Å². The molecule has 0 radical (unpaired) electrons. The molecule has 0 aliphatic carbocycles. The molecule has 0 unspecified atom stereocenters. The van der Waals surface area contributed by atoms with Gasteiger partial charge in [0.2, 0.25) is 0 Å². The molecule has 0 saturated carbocycles. The smallest absolute Gasteiger partial charge is 0.374 e. The van der Waals surface area contributed by atoms with Crippen LogP contribution >= 0.6 is 0 Å². The standard InChI is InChI=1S/C17H40O5Si2/c1-6-18-17(19-7-2)23-15-13-11-12-14-16-24(20-8-3,21-9-4)22-10-5/h17H,6-16,23H2,1-5H3. The van der Waals surface area contributed by atoms with Gasteiger partial charge in [0.1, 0.15) is 5.91 Å². The molecule has 0 aliphatic rings. The maximum absolute atomic E-state index is 5.89. The van der Waals surface area contributed by atoms with Crippen LogP contribution in [0.5, 0.6) is 0 Å². The van der Waals surface area contributed by atoms with E-state index < -0.39 is 8.80 Å². The van der Waals surface area contributed by atoms with Gasteiger partial charge in [0.15, 0.2) is 0 Å². The van der Waals surface area contributed by atoms with Crippen LogP contribution < -0.4 is 0 Å². The Balaban J connectivity index is 3.91. The number of hydrogen-bond acceptors (Lipinski definition) is 5. The topological polar surface area (TPSA) is 46.2 Å². The Hall–Kier alpha value is 0.234. The van der Waals surface area contributed by atoms with E-state index in [0.717, 1.165) is 25.7 Å². The zero-order valence-electron chi connectivity index (χ0n) is 16.6. The molecule has 0 saturated heterocycles. The monoisotopic (exact) mass is 380 g/mol. The van der Waals surface area contributed by atoms with Crippen molar-refractivity contribution in [3.63, 3.8) is 0 Å². The van der Waals surface area contributed by atoms with E-state index in [-0.39, 0.29) is 15.4 Å². The largest absolute Gasteiger partial charge is 0.500 e. The van der Waals surface area contributed by atoms with Crippen molar-refractivity contribution in [3.05, 3.63) is 0 Å². The van der Waals surface area contributed by atoms with Gasteiger partial charge in [0.25, 0.3) is 0 Å². The van der Waals surface area contributed by atoms with Gasteiger partial charge in [0, 0.05) is 39.1 Å². The number of ether oxygens (including phenoxy) is 2. The highest BCUT2D eigenvalue weighted by Crippen LogP contribution is 2.20. The van der Waals surface area contributed by atoms with Crippen molar-refractivity contribution in [1.82, 2.24) is 0 Å². The summed E-state index contributed by atoms with van der Waals surface area (Å²) >= 11 is 0. The molecule has 0 bridgehead atoms. The Morgan fingerprint density at radius 1 is 0.667 bits per heavy atom. The average Bonchev–Trinajstić information content (AvgIpc) is 2.55. The second-order valence-corrected chi connectivity index (χ2v) is 10.3. The SMILES string of the molecule is CCOC(OCC)[SiH2]CCCCCC[Si](OCC)(OCC)OCC. The Bertz CT molecular complexity index is 246. The van der Waals surface area contributed by atoms with Crippen molar-refractivity contribution in [2.75, 3.05) is 33.0 Å². The van der Waals surface area contributed by atoms with Gasteiger partial charge in [-0.3, -0.25) is 0 Å². The number of unbranched alkanes of at least 4 members (excludes halogenated alkanes) is 3. The number of rotatable bonds is 18. The van der Waals surface area contributed by atoms with Gasteiger partial charge >= 0.3 is 8.80 Å². The van der Waals surface area contributed by atoms with Gasteiger partial charge in [0.05, 0.1) is 9.52 Å². The molecule has 0 aromatic rings. The summed E-state index contributed by atoms with van der Waals surface area (Å²) in [5.41, 5.74) is 0. The third-order valence-electron chi connectivity index (χ3n) is 3.72. The summed E-state index contributed by atoms with van der Waals surface area (Å²) in [5.74, 6) is 0.105. The van der Waals surface area contributed by atoms with Gasteiger partial charge in [-0.2, -0.15) is 0 Å². The van der Waals surface area contributed by atoms with E-state index in [1.54, 1.807) is 0 Å². The Morgan fingerprint density at radius 2 is 1.17 bits per heavy atom. The Morgan fingerprint density at radius 3 is 1.62 bits per heavy atom. The molecule has 7 heteroatoms. The molecule has 0 amide bonds. The predicted molar refractivity (Wildman–Crippen MR) is 104 cm³/mol. The zero-order valence-corrected chi connectivity index (χ0v) is 19.0. The summed E-state index contributed by atoms with van der Waals surface area (Å²) in [7, 11) is -2.73. The first-order valence-electron chi connectivity index (χ1n) is 9.82. The van der Waals surface area contributed by atoms with Crippen molar-refractivity contribution in [1.29, 1.82) is 0 Å². The van der Waals surface area contributed by atoms with E-state index in [2.05, 4.69) is 0 Å². The molecule has 0 aliphatic heterocycles. The first kappa shape index (κ1) is 24.2. The van der Waals surface area contributed by atoms with Crippen molar-refractivity contribution in [2.45, 2.75) is 78.3 Å². The molecule has 0 atom stereocenters. The Kier molecular flexibility index (Phi) is 16.9. The van der Waals surface area contributed by atoms with E-state index in [1.807, 2.05) is 34.6 Å². The van der Waals surface area contributed by atoms with Crippen molar-refractivity contribution < 1.29 is 22.8 Å². The molecule has 0 spiro atoms. The first-order valence-corrected chi connectivity index (χ1v) is 13.6. The second-order valence-electron chi connectivity index (χ2n) is 5.63. The third kappa shape index (κ3) is 11.7. The van der Waals surface area contributed by atoms with Gasteiger partial charge in [-0.25, -0.2) is 0 Å². The predicted octanol–water partition coefficient (Wildman–Crippen LogP) is 3.54. The van der Waals surface area contributed by atoms with Gasteiger partial charge in [-0.15, -0.1) is 0 Å². The van der Waals surface area contributed by atoms with Crippen LogP contribution in [0.3, 0.4) is 0 Å². The normalized spacial score (nSPS) is 12.8. The highest BCUT2D eigenvalue weighted by Gasteiger charge is 2.39. The quantitative estimate of drug-likeness (QED) is 0.207. The van der Waals surface area contributed by atoms with Crippen LogP contribution in [-0.2, 0) is 22.8 Å². The molecule has 0 heterocycles. The fourth-order valence-corrected chi connectivity index (χ4v) is 7.24. The van der Waals surface area contributed by atoms with Crippen molar-refractivity contribution >= 4 is 18.3 Å². The van der Waals surface area contributed by atoms with Crippen LogP contribution in [0, 0.1) is 0 Å². The minimum Gasteiger partial charge on any atom is -0.374 e. The molecule has 0 rings (SSSR count). The van der Waals surface area contributed by atoms with Crippen LogP contribution in [0.25, 0.3) is 0 Å². The molecular formula is C17H40O5Si2. The maximum Gasteiger partial charge on any atom is 0.500 e. The minimum absolute atomic E-state index is 0.105. The lowest BCUT2D eigenvalue weighted by molar-refractivity contribution is -0.0827. The molecule has 146 valence electrons. The molecule has 0 N–H and O–H groups in total. The summed E-state index contributed by atoms with van der Waals surface area (Å²) < 4.78 is 28.9. The van der Waals surface area contributed by atoms with Crippen molar-refractivity contribution in [3.8, 4) is 0 Å². The van der Waals surface area contributed by atoms with E-state index in [0.29, 0.717) is 19.8 Å². The molecular weight excluding hydrogens is 340 g/mol. The highest BCUT2D eigenvalue weighted by molar-refractivity contribution is 6.60. The fraction of sp³-hybridized carbons (Fsp3) is 1.00. The van der Waals surface area contributed by atoms with Gasteiger partial charge < -0.3 is 22.8 Å². The third-order valence-corrected chi connectivity index (χ3v) is 8.72. The summed E-state index contributed by atoms with van der Waals surface area (Å²) in [6.45, 7) is 13.6. The average molecular weight is 381 g/mol. The van der Waals surface area contributed by atoms with E-state index in [1.165, 1.54) is 25.3 Å². The minimum atomic E-state index is -2.43. The molecule has 24 heavy (non-hydrogen) atoms. The van der Waals surface area contributed by atoms with Crippen LogP contribution in [0.4, 0.5) is 0 Å². The van der Waals surface area contributed by atoms with Crippen LogP contribution in [-0.4, -0.2) is 57.3 Å². The summed E-state index contributed by atoms with van der Waals surface area (Å²) in [4.78, 5) is 0. The molecule has 5 nitrogen and oxygen atoms in total. The highest BCUT2D eigenvalue weighted by atomic mass is 28.4. The van der Waals surface area contributed by atoms with Crippen LogP contribution in [0.2, 0.25) is 12.1 Å². The zero-order chi connectivity index (χ0) is 18.1. The summed E-state index contributed by atoms with van der Waals surface area (Å²) in [6, 6.07) is 2.22. The van der Waals surface area contributed by atoms with Crippen molar-refractivity contribution in [2.24, 2.45) is 0 Å². The lowest BCUT2D eigenvalue weighted by Crippen LogP contribution is -2.45. The van der Waals surface area contributed by atoms with Crippen LogP contribution in [0.1, 0.15) is 60.3 Å². The lowest BCUT2D eigenvalue weighted by atomic mass is 10.2. The number of hydrogen-bond donors (Lipinski definition) is 0. The van der Waals surface area contributed by atoms with Gasteiger partial charge in [-0.1, -0.05) is 25.3 Å². The first-order chi connectivity index (χ1) is 11.7. The maximum atomic E-state index is 5.89. The molecule has 0 aromatic heterocycles. The Labute approximate surface area is 152 Å². The second kappa shape index (κ2) is 16.7. The fourth-order valence-electron chi connectivity index (χ4n) is 2.77. The van der Waals surface area contributed by atoms with Gasteiger partial charge in [-0.05, 0) is 41.0 Å². The lowest BCUT2D eigenvalue weighted by Gasteiger charge is -2.28. The van der Waals surface area contributed by atoms with E-state index in [9.17, 15) is 0 Å². The summed E-state index contributed by atoms with van der Waals surface area (Å²) in [5, 5.41) is 0. The van der Waals surface area contributed by atoms with E-state index in [4.69, 9.17) is 22.8 Å². The molecule has 0 aromatic carbocycles. The summed E-state index contributed by atoms with van der Waals surface area (Å²) in [6.07, 6.45) is 4.86. The molecule has 0 fully saturated rings.